The van der Waals surface area contributed by atoms with Crippen molar-refractivity contribution in [3.05, 3.63) is 29.3 Å². The van der Waals surface area contributed by atoms with Crippen molar-refractivity contribution in [1.82, 2.24) is 4.90 Å². The van der Waals surface area contributed by atoms with Crippen molar-refractivity contribution in [3.8, 4) is 0 Å². The third-order valence-electron chi connectivity index (χ3n) is 3.02. The molecule has 0 atom stereocenters. The number of fused-ring (bicyclic) bond motifs is 1. The molecule has 1 aromatic carbocycles. The molecule has 110 valence electrons. The first-order chi connectivity index (χ1) is 9.08. The highest BCUT2D eigenvalue weighted by Crippen LogP contribution is 2.26. The van der Waals surface area contributed by atoms with Gasteiger partial charge in [0.2, 0.25) is 0 Å². The van der Waals surface area contributed by atoms with Gasteiger partial charge in [0.25, 0.3) is 0 Å². The number of hydrogen-bond acceptors (Lipinski definition) is 2. The van der Waals surface area contributed by atoms with Gasteiger partial charge in [0.1, 0.15) is 5.60 Å². The largest absolute Gasteiger partial charge is 0.509 e. The smallest absolute Gasteiger partial charge is 0.445 e. The van der Waals surface area contributed by atoms with Crippen molar-refractivity contribution in [2.24, 2.45) is 0 Å². The molecule has 0 aliphatic carbocycles. The van der Waals surface area contributed by atoms with Gasteiger partial charge < -0.3 is 17.7 Å². The maximum atomic E-state index is 13.0. The minimum atomic E-state index is -5.07. The molecular formula is C13H16BF3NO2-. The maximum absolute atomic E-state index is 13.0. The monoisotopic (exact) mass is 286 g/mol. The number of rotatable bonds is 1. The molecule has 0 radical (unpaired) electrons. The second kappa shape index (κ2) is 4.72. The Morgan fingerprint density at radius 1 is 1.25 bits per heavy atom. The Kier molecular flexibility index (Phi) is 3.48. The third-order valence-corrected chi connectivity index (χ3v) is 3.02. The Bertz CT molecular complexity index is 537. The van der Waals surface area contributed by atoms with Gasteiger partial charge in [-0.2, -0.15) is 0 Å². The summed E-state index contributed by atoms with van der Waals surface area (Å²) in [5, 5.41) is 0. The van der Waals surface area contributed by atoms with Crippen molar-refractivity contribution in [3.63, 3.8) is 0 Å². The van der Waals surface area contributed by atoms with Crippen LogP contribution in [0.15, 0.2) is 18.2 Å². The number of nitrogens with zero attached hydrogens (tertiary/aromatic N) is 1. The van der Waals surface area contributed by atoms with Gasteiger partial charge in [-0.1, -0.05) is 23.8 Å². The minimum absolute atomic E-state index is 0.0539. The summed E-state index contributed by atoms with van der Waals surface area (Å²) in [6.07, 6.45) is -0.589. The van der Waals surface area contributed by atoms with Crippen LogP contribution in [0.25, 0.3) is 0 Å². The van der Waals surface area contributed by atoms with E-state index in [0.717, 1.165) is 6.07 Å². The number of halogens is 3. The second-order valence-electron chi connectivity index (χ2n) is 5.90. The fourth-order valence-corrected chi connectivity index (χ4v) is 2.21. The molecule has 3 nitrogen and oxygen atoms in total. The number of benzene rings is 1. The van der Waals surface area contributed by atoms with Crippen molar-refractivity contribution in [2.75, 3.05) is 0 Å². The topological polar surface area (TPSA) is 29.5 Å². The zero-order chi connectivity index (χ0) is 15.1. The molecule has 0 saturated heterocycles. The van der Waals surface area contributed by atoms with Gasteiger partial charge in [0, 0.05) is 13.1 Å². The Morgan fingerprint density at radius 3 is 2.45 bits per heavy atom. The number of amides is 1. The lowest BCUT2D eigenvalue weighted by atomic mass is 9.76. The van der Waals surface area contributed by atoms with Gasteiger partial charge in [-0.25, -0.2) is 4.79 Å². The standard InChI is InChI=1S/C13H16BF3NO2/c1-13(2,3)20-12(19)18-7-9-5-4-6-11(10(9)8-18)14(15,16)17/h4-6H,7-8H2,1-3H3/q-1. The summed E-state index contributed by atoms with van der Waals surface area (Å²) in [4.78, 5) is 13.2. The molecule has 0 fully saturated rings. The predicted molar refractivity (Wildman–Crippen MR) is 70.6 cm³/mol. The first-order valence-corrected chi connectivity index (χ1v) is 6.36. The van der Waals surface area contributed by atoms with Crippen LogP contribution in [0.5, 0.6) is 0 Å². The Morgan fingerprint density at radius 2 is 1.90 bits per heavy atom. The Labute approximate surface area is 115 Å². The molecule has 0 spiro atoms. The molecule has 0 saturated carbocycles. The molecule has 1 heterocycles. The zero-order valence-electron chi connectivity index (χ0n) is 11.6. The molecule has 1 aromatic rings. The number of hydrogen-bond donors (Lipinski definition) is 0. The maximum Gasteiger partial charge on any atom is 0.509 e. The Hall–Kier alpha value is -1.66. The third kappa shape index (κ3) is 3.08. The van der Waals surface area contributed by atoms with Crippen LogP contribution in [0.2, 0.25) is 0 Å². The Balaban J connectivity index is 2.22. The summed E-state index contributed by atoms with van der Waals surface area (Å²) < 4.78 is 44.1. The van der Waals surface area contributed by atoms with E-state index in [9.17, 15) is 17.7 Å². The van der Waals surface area contributed by atoms with Crippen LogP contribution in [0.3, 0.4) is 0 Å². The highest BCUT2D eigenvalue weighted by atomic mass is 19.4. The van der Waals surface area contributed by atoms with E-state index in [1.165, 1.54) is 11.0 Å². The molecule has 0 aromatic heterocycles. The fourth-order valence-electron chi connectivity index (χ4n) is 2.21. The molecular weight excluding hydrogens is 270 g/mol. The lowest BCUT2D eigenvalue weighted by Crippen LogP contribution is -2.38. The zero-order valence-corrected chi connectivity index (χ0v) is 11.6. The van der Waals surface area contributed by atoms with E-state index in [2.05, 4.69) is 0 Å². The van der Waals surface area contributed by atoms with Crippen LogP contribution in [0.1, 0.15) is 31.9 Å². The molecule has 0 bridgehead atoms. The minimum Gasteiger partial charge on any atom is -0.445 e. The van der Waals surface area contributed by atoms with E-state index in [1.54, 1.807) is 26.8 Å². The number of carbonyl (C=O) groups excluding carboxylic acids is 1. The normalized spacial score (nSPS) is 15.2. The van der Waals surface area contributed by atoms with Crippen molar-refractivity contribution >= 4 is 18.5 Å². The summed E-state index contributed by atoms with van der Waals surface area (Å²) in [6.45, 7) is 0.195. The van der Waals surface area contributed by atoms with Crippen molar-refractivity contribution < 1.29 is 22.5 Å². The van der Waals surface area contributed by atoms with Gasteiger partial charge in [-0.15, -0.1) is 5.46 Å². The lowest BCUT2D eigenvalue weighted by Gasteiger charge is -2.24. The summed E-state index contributed by atoms with van der Waals surface area (Å²) in [7, 11) is 0. The van der Waals surface area contributed by atoms with Crippen molar-refractivity contribution in [1.29, 1.82) is 0 Å². The summed E-state index contributed by atoms with van der Waals surface area (Å²) in [5.74, 6) is 0. The first-order valence-electron chi connectivity index (χ1n) is 6.36. The van der Waals surface area contributed by atoms with Crippen LogP contribution < -0.4 is 5.46 Å². The molecule has 20 heavy (non-hydrogen) atoms. The molecule has 1 amide bonds. The van der Waals surface area contributed by atoms with Gasteiger partial charge in [0.05, 0.1) is 0 Å². The quantitative estimate of drug-likeness (QED) is 0.743. The summed E-state index contributed by atoms with van der Waals surface area (Å²) >= 11 is 0. The van der Waals surface area contributed by atoms with Crippen LogP contribution in [-0.2, 0) is 17.8 Å². The second-order valence-corrected chi connectivity index (χ2v) is 5.90. The fraction of sp³-hybridized carbons (Fsp3) is 0.462. The van der Waals surface area contributed by atoms with E-state index in [1.807, 2.05) is 0 Å². The summed E-state index contributed by atoms with van der Waals surface area (Å²) in [5.41, 5.74) is -0.560. The lowest BCUT2D eigenvalue weighted by molar-refractivity contribution is 0.0242. The molecule has 1 aliphatic heterocycles. The van der Waals surface area contributed by atoms with Gasteiger partial charge in [0.15, 0.2) is 0 Å². The van der Waals surface area contributed by atoms with Gasteiger partial charge in [-0.3, -0.25) is 4.90 Å². The molecule has 1 aliphatic rings. The highest BCUT2D eigenvalue weighted by Gasteiger charge is 2.34. The highest BCUT2D eigenvalue weighted by molar-refractivity contribution is 6.74. The van der Waals surface area contributed by atoms with Crippen LogP contribution >= 0.6 is 0 Å². The predicted octanol–water partition coefficient (Wildman–Crippen LogP) is 2.99. The molecule has 2 rings (SSSR count). The van der Waals surface area contributed by atoms with E-state index in [-0.39, 0.29) is 18.7 Å². The van der Waals surface area contributed by atoms with Gasteiger partial charge in [-0.05, 0) is 26.3 Å². The van der Waals surface area contributed by atoms with Crippen LogP contribution in [-0.4, -0.2) is 23.6 Å². The first kappa shape index (κ1) is 14.7. The van der Waals surface area contributed by atoms with Crippen LogP contribution in [0.4, 0.5) is 17.7 Å². The molecule has 7 heteroatoms. The van der Waals surface area contributed by atoms with Crippen LogP contribution in [0, 0.1) is 0 Å². The van der Waals surface area contributed by atoms with Crippen molar-refractivity contribution in [2.45, 2.75) is 39.5 Å². The van der Waals surface area contributed by atoms with E-state index in [4.69, 9.17) is 4.74 Å². The average molecular weight is 286 g/mol. The SMILES string of the molecule is CC(C)(C)OC(=O)N1Cc2cccc([B-](F)(F)F)c2C1. The molecule has 0 N–H and O–H groups in total. The number of carbonyl (C=O) groups is 1. The van der Waals surface area contributed by atoms with Gasteiger partial charge >= 0.3 is 13.1 Å². The van der Waals surface area contributed by atoms with E-state index in [0.29, 0.717) is 5.56 Å². The number of ether oxygens (including phenoxy) is 1. The van der Waals surface area contributed by atoms with E-state index >= 15 is 0 Å². The molecule has 0 unspecified atom stereocenters. The summed E-state index contributed by atoms with van der Waals surface area (Å²) in [6, 6.07) is 4.06. The van der Waals surface area contributed by atoms with E-state index < -0.39 is 24.1 Å². The average Bonchev–Trinajstić information content (AvgIpc) is 2.68.